The maximum absolute atomic E-state index is 12.5. The first-order valence-corrected chi connectivity index (χ1v) is 10.5. The van der Waals surface area contributed by atoms with E-state index in [-0.39, 0.29) is 17.9 Å². The summed E-state index contributed by atoms with van der Waals surface area (Å²) in [6.07, 6.45) is 3.71. The molecule has 0 aliphatic carbocycles. The van der Waals surface area contributed by atoms with Gasteiger partial charge in [-0.1, -0.05) is 19.4 Å². The van der Waals surface area contributed by atoms with Crippen LogP contribution >= 0.6 is 0 Å². The van der Waals surface area contributed by atoms with Gasteiger partial charge in [0.05, 0.1) is 56.2 Å². The molecule has 4 atom stereocenters. The number of fused-ring (bicyclic) bond motifs is 5. The molecule has 0 amide bonds. The molecule has 7 nitrogen and oxygen atoms in total. The number of benzene rings is 1. The second kappa shape index (κ2) is 8.04. The predicted octanol–water partition coefficient (Wildman–Crippen LogP) is 2.79. The summed E-state index contributed by atoms with van der Waals surface area (Å²) in [5, 5.41) is 11.8. The van der Waals surface area contributed by atoms with Gasteiger partial charge in [-0.05, 0) is 36.8 Å². The van der Waals surface area contributed by atoms with E-state index in [2.05, 4.69) is 11.8 Å². The Balaban J connectivity index is 1.72. The Morgan fingerprint density at radius 2 is 2.17 bits per heavy atom. The van der Waals surface area contributed by atoms with Gasteiger partial charge < -0.3 is 19.3 Å². The molecule has 7 heteroatoms. The van der Waals surface area contributed by atoms with Gasteiger partial charge >= 0.3 is 5.97 Å². The summed E-state index contributed by atoms with van der Waals surface area (Å²) in [5.74, 6) is 0.569. The number of methoxy groups -OCH3 is 3. The first kappa shape index (κ1) is 20.9. The Hall–Kier alpha value is -2.38. The standard InChI is InChI=1S/C23H30N2O5/c1-5-14-12-25-10-9-23(27)20-17(7-6-8-19(20)29-3)24-21(23)18(25)11-15(14)16(13-28-2)22(26)30-4/h6-8,13-15,18,27H,5,9-12H2,1-4H3/b16-13-/t14-,15+,18+,23+/m1/s1. The second-order valence-corrected chi connectivity index (χ2v) is 8.28. The lowest BCUT2D eigenvalue weighted by Gasteiger charge is -2.50. The number of rotatable bonds is 5. The van der Waals surface area contributed by atoms with Crippen LogP contribution in [0.2, 0.25) is 0 Å². The smallest absolute Gasteiger partial charge is 0.337 e. The average molecular weight is 415 g/mol. The van der Waals surface area contributed by atoms with E-state index in [4.69, 9.17) is 19.2 Å². The van der Waals surface area contributed by atoms with Crippen LogP contribution < -0.4 is 4.74 Å². The van der Waals surface area contributed by atoms with Crippen LogP contribution in [0.5, 0.6) is 5.75 Å². The van der Waals surface area contributed by atoms with Gasteiger partial charge in [-0.3, -0.25) is 9.89 Å². The van der Waals surface area contributed by atoms with Crippen molar-refractivity contribution in [3.8, 4) is 5.75 Å². The number of hydrogen-bond acceptors (Lipinski definition) is 7. The molecule has 0 unspecified atom stereocenters. The van der Waals surface area contributed by atoms with Crippen LogP contribution in [0.15, 0.2) is 35.0 Å². The van der Waals surface area contributed by atoms with Crippen LogP contribution in [-0.2, 0) is 19.9 Å². The minimum atomic E-state index is -1.14. The molecule has 0 aromatic heterocycles. The van der Waals surface area contributed by atoms with E-state index in [1.165, 1.54) is 13.4 Å². The van der Waals surface area contributed by atoms with Gasteiger partial charge in [0.25, 0.3) is 0 Å². The predicted molar refractivity (Wildman–Crippen MR) is 113 cm³/mol. The molecule has 4 rings (SSSR count). The molecule has 0 radical (unpaired) electrons. The molecule has 1 N–H and O–H groups in total. The summed E-state index contributed by atoms with van der Waals surface area (Å²) >= 11 is 0. The Bertz CT molecular complexity index is 896. The van der Waals surface area contributed by atoms with Crippen molar-refractivity contribution in [2.24, 2.45) is 16.8 Å². The average Bonchev–Trinajstić information content (AvgIpc) is 3.09. The van der Waals surface area contributed by atoms with Crippen molar-refractivity contribution in [3.05, 3.63) is 35.6 Å². The number of carbonyl (C=O) groups is 1. The maximum Gasteiger partial charge on any atom is 0.337 e. The number of esters is 1. The van der Waals surface area contributed by atoms with E-state index >= 15 is 0 Å². The molecular weight excluding hydrogens is 384 g/mol. The van der Waals surface area contributed by atoms with Crippen LogP contribution in [0.25, 0.3) is 0 Å². The third-order valence-corrected chi connectivity index (χ3v) is 6.92. The highest BCUT2D eigenvalue weighted by Gasteiger charge is 2.54. The van der Waals surface area contributed by atoms with Gasteiger partial charge in [0.1, 0.15) is 11.4 Å². The van der Waals surface area contributed by atoms with Crippen LogP contribution in [0, 0.1) is 11.8 Å². The quantitative estimate of drug-likeness (QED) is 0.453. The summed E-state index contributed by atoms with van der Waals surface area (Å²) in [5.41, 5.74) is 1.70. The molecule has 3 aliphatic rings. The van der Waals surface area contributed by atoms with E-state index in [1.54, 1.807) is 14.2 Å². The number of aliphatic hydroxyl groups is 1. The van der Waals surface area contributed by atoms with Crippen molar-refractivity contribution < 1.29 is 24.1 Å². The molecule has 2 saturated heterocycles. The summed E-state index contributed by atoms with van der Waals surface area (Å²) < 4.78 is 15.8. The fraction of sp³-hybridized carbons (Fsp3) is 0.565. The molecular formula is C23H30N2O5. The summed E-state index contributed by atoms with van der Waals surface area (Å²) in [7, 11) is 4.56. The first-order chi connectivity index (χ1) is 14.5. The molecule has 30 heavy (non-hydrogen) atoms. The number of hydrogen-bond donors (Lipinski definition) is 1. The van der Waals surface area contributed by atoms with Crippen molar-refractivity contribution in [1.82, 2.24) is 4.90 Å². The lowest BCUT2D eigenvalue weighted by Crippen LogP contribution is -2.60. The van der Waals surface area contributed by atoms with E-state index in [0.717, 1.165) is 36.5 Å². The summed E-state index contributed by atoms with van der Waals surface area (Å²) in [4.78, 5) is 19.8. The second-order valence-electron chi connectivity index (χ2n) is 8.28. The van der Waals surface area contributed by atoms with Gasteiger partial charge in [0.2, 0.25) is 0 Å². The van der Waals surface area contributed by atoms with Gasteiger partial charge in [0, 0.05) is 13.1 Å². The van der Waals surface area contributed by atoms with E-state index < -0.39 is 5.60 Å². The number of ether oxygens (including phenoxy) is 3. The van der Waals surface area contributed by atoms with Crippen molar-refractivity contribution in [3.63, 3.8) is 0 Å². The Morgan fingerprint density at radius 3 is 2.83 bits per heavy atom. The van der Waals surface area contributed by atoms with Crippen molar-refractivity contribution in [1.29, 1.82) is 0 Å². The fourth-order valence-corrected chi connectivity index (χ4v) is 5.45. The van der Waals surface area contributed by atoms with Crippen molar-refractivity contribution in [2.75, 3.05) is 34.4 Å². The summed E-state index contributed by atoms with van der Waals surface area (Å²) in [6, 6.07) is 5.63. The topological polar surface area (TPSA) is 80.6 Å². The lowest BCUT2D eigenvalue weighted by molar-refractivity contribution is -0.137. The normalized spacial score (nSPS) is 30.6. The third-order valence-electron chi connectivity index (χ3n) is 6.92. The Labute approximate surface area is 177 Å². The van der Waals surface area contributed by atoms with Gasteiger partial charge in [-0.25, -0.2) is 4.79 Å². The van der Waals surface area contributed by atoms with Gasteiger partial charge in [0.15, 0.2) is 0 Å². The van der Waals surface area contributed by atoms with Crippen LogP contribution in [-0.4, -0.2) is 62.1 Å². The van der Waals surface area contributed by atoms with Crippen LogP contribution in [0.3, 0.4) is 0 Å². The third kappa shape index (κ3) is 3.11. The minimum absolute atomic E-state index is 0.0284. The minimum Gasteiger partial charge on any atom is -0.504 e. The lowest BCUT2D eigenvalue weighted by atomic mass is 9.70. The van der Waals surface area contributed by atoms with Crippen molar-refractivity contribution in [2.45, 2.75) is 37.8 Å². The fourth-order valence-electron chi connectivity index (χ4n) is 5.45. The van der Waals surface area contributed by atoms with E-state index in [9.17, 15) is 9.90 Å². The highest BCUT2D eigenvalue weighted by Crippen LogP contribution is 2.51. The largest absolute Gasteiger partial charge is 0.504 e. The van der Waals surface area contributed by atoms with E-state index in [0.29, 0.717) is 30.1 Å². The molecule has 0 spiro atoms. The SMILES string of the molecule is CC[C@@H]1CN2CC[C@@]3(O)C(=Nc4cccc(OC)c43)[C@@H]2C[C@@H]1/C(=C/OC)C(=O)OC. The van der Waals surface area contributed by atoms with Gasteiger partial charge in [-0.2, -0.15) is 0 Å². The molecule has 1 aromatic carbocycles. The van der Waals surface area contributed by atoms with E-state index in [1.807, 2.05) is 18.2 Å². The number of carbonyl (C=O) groups excluding carboxylic acids is 1. The first-order valence-electron chi connectivity index (χ1n) is 10.5. The summed E-state index contributed by atoms with van der Waals surface area (Å²) in [6.45, 7) is 3.75. The zero-order valence-electron chi connectivity index (χ0n) is 18.1. The highest BCUT2D eigenvalue weighted by molar-refractivity contribution is 6.05. The van der Waals surface area contributed by atoms with Crippen LogP contribution in [0.4, 0.5) is 5.69 Å². The molecule has 1 aromatic rings. The zero-order chi connectivity index (χ0) is 21.5. The molecule has 3 heterocycles. The van der Waals surface area contributed by atoms with Gasteiger partial charge in [-0.15, -0.1) is 0 Å². The molecule has 0 bridgehead atoms. The van der Waals surface area contributed by atoms with Crippen molar-refractivity contribution >= 4 is 17.4 Å². The molecule has 2 fully saturated rings. The number of aliphatic imine (C=N–C) groups is 1. The molecule has 3 aliphatic heterocycles. The molecule has 162 valence electrons. The Morgan fingerprint density at radius 1 is 1.37 bits per heavy atom. The number of piperidine rings is 2. The monoisotopic (exact) mass is 414 g/mol. The maximum atomic E-state index is 12.5. The molecule has 0 saturated carbocycles. The zero-order valence-corrected chi connectivity index (χ0v) is 18.1. The highest BCUT2D eigenvalue weighted by atomic mass is 16.5. The number of nitrogens with zero attached hydrogens (tertiary/aromatic N) is 2. The van der Waals surface area contributed by atoms with Crippen LogP contribution in [0.1, 0.15) is 31.7 Å². The Kier molecular flexibility index (Phi) is 5.59.